The summed E-state index contributed by atoms with van der Waals surface area (Å²) in [6.07, 6.45) is 0.602. The number of benzene rings is 1. The summed E-state index contributed by atoms with van der Waals surface area (Å²) in [6, 6.07) is 3.32. The Labute approximate surface area is 166 Å². The summed E-state index contributed by atoms with van der Waals surface area (Å²) >= 11 is 0. The van der Waals surface area contributed by atoms with Crippen LogP contribution in [0.25, 0.3) is 5.57 Å². The number of nitrogens with zero attached hydrogens (tertiary/aromatic N) is 1. The quantitative estimate of drug-likeness (QED) is 0.625. The monoisotopic (exact) mass is 412 g/mol. The summed E-state index contributed by atoms with van der Waals surface area (Å²) in [5.74, 6) is 0.270. The van der Waals surface area contributed by atoms with Crippen LogP contribution in [0.4, 0.5) is 5.69 Å². The first kappa shape index (κ1) is 22.0. The number of hydrogen-bond donors (Lipinski definition) is 1. The summed E-state index contributed by atoms with van der Waals surface area (Å²) in [5, 5.41) is 2.69. The minimum atomic E-state index is -3.99. The maximum Gasteiger partial charge on any atom is 0.270 e. The first-order valence-corrected chi connectivity index (χ1v) is 10.6. The number of allylic oxidation sites excluding steroid dienone is 1. The van der Waals surface area contributed by atoms with Crippen LogP contribution in [0.5, 0.6) is 11.5 Å². The van der Waals surface area contributed by atoms with Gasteiger partial charge in [-0.1, -0.05) is 0 Å². The van der Waals surface area contributed by atoms with Crippen molar-refractivity contribution in [2.24, 2.45) is 0 Å². The largest absolute Gasteiger partial charge is 0.493 e. The van der Waals surface area contributed by atoms with E-state index in [0.29, 0.717) is 54.5 Å². The second kappa shape index (κ2) is 9.29. The molecule has 0 saturated heterocycles. The zero-order valence-corrected chi connectivity index (χ0v) is 17.8. The Hall–Kier alpha value is -2.26. The third-order valence-corrected chi connectivity index (χ3v) is 6.55. The predicted molar refractivity (Wildman–Crippen MR) is 108 cm³/mol. The summed E-state index contributed by atoms with van der Waals surface area (Å²) in [5.41, 5.74) is 1.46. The van der Waals surface area contributed by atoms with Gasteiger partial charge in [-0.15, -0.1) is 0 Å². The number of carbonyl (C=O) groups is 1. The van der Waals surface area contributed by atoms with Gasteiger partial charge in [0.25, 0.3) is 15.9 Å². The highest BCUT2D eigenvalue weighted by Crippen LogP contribution is 2.44. The predicted octanol–water partition coefficient (Wildman–Crippen LogP) is 2.15. The van der Waals surface area contributed by atoms with Gasteiger partial charge in [-0.05, 0) is 38.8 Å². The number of hydrogen-bond acceptors (Lipinski definition) is 6. The molecule has 2 rings (SSSR count). The van der Waals surface area contributed by atoms with Crippen LogP contribution in [0.2, 0.25) is 0 Å². The van der Waals surface area contributed by atoms with Crippen LogP contribution in [-0.4, -0.2) is 54.8 Å². The summed E-state index contributed by atoms with van der Waals surface area (Å²) in [6.45, 7) is 6.85. The topological polar surface area (TPSA) is 94.2 Å². The van der Waals surface area contributed by atoms with Crippen molar-refractivity contribution in [3.8, 4) is 11.5 Å². The number of ether oxygens (including phenoxy) is 3. The molecule has 1 aromatic rings. The molecule has 0 aliphatic carbocycles. The van der Waals surface area contributed by atoms with Crippen LogP contribution >= 0.6 is 0 Å². The Kier molecular flexibility index (Phi) is 7.31. The van der Waals surface area contributed by atoms with Gasteiger partial charge < -0.3 is 19.5 Å². The van der Waals surface area contributed by atoms with E-state index in [4.69, 9.17) is 14.2 Å². The van der Waals surface area contributed by atoms with Gasteiger partial charge in [-0.25, -0.2) is 8.42 Å². The normalized spacial score (nSPS) is 15.2. The minimum absolute atomic E-state index is 0.180. The summed E-state index contributed by atoms with van der Waals surface area (Å²) in [7, 11) is -1.00. The Morgan fingerprint density at radius 2 is 1.79 bits per heavy atom. The van der Waals surface area contributed by atoms with E-state index in [1.165, 1.54) is 18.5 Å². The van der Waals surface area contributed by atoms with E-state index < -0.39 is 15.9 Å². The van der Waals surface area contributed by atoms with Gasteiger partial charge in [-0.3, -0.25) is 9.10 Å². The van der Waals surface area contributed by atoms with Crippen LogP contribution in [0.15, 0.2) is 17.0 Å². The lowest BCUT2D eigenvalue weighted by molar-refractivity contribution is -0.116. The molecule has 0 fully saturated rings. The molecular weight excluding hydrogens is 384 g/mol. The zero-order chi connectivity index (χ0) is 20.9. The van der Waals surface area contributed by atoms with E-state index in [1.807, 2.05) is 6.92 Å². The van der Waals surface area contributed by atoms with E-state index in [1.54, 1.807) is 26.0 Å². The van der Waals surface area contributed by atoms with Crippen LogP contribution in [0.3, 0.4) is 0 Å². The van der Waals surface area contributed by atoms with Gasteiger partial charge in [0.1, 0.15) is 0 Å². The number of methoxy groups -OCH3 is 2. The van der Waals surface area contributed by atoms with Crippen LogP contribution in [-0.2, 0) is 19.6 Å². The first-order valence-electron chi connectivity index (χ1n) is 9.19. The lowest BCUT2D eigenvalue weighted by atomic mass is 10.0. The number of nitrogens with one attached hydrogen (secondary N) is 1. The fourth-order valence-corrected chi connectivity index (χ4v) is 4.93. The van der Waals surface area contributed by atoms with Crippen molar-refractivity contribution in [3.05, 3.63) is 22.6 Å². The van der Waals surface area contributed by atoms with Crippen molar-refractivity contribution >= 4 is 27.2 Å². The first-order chi connectivity index (χ1) is 13.3. The average molecular weight is 413 g/mol. The third kappa shape index (κ3) is 4.10. The maximum absolute atomic E-state index is 13.2. The number of sulfonamides is 1. The van der Waals surface area contributed by atoms with Gasteiger partial charge >= 0.3 is 0 Å². The van der Waals surface area contributed by atoms with Gasteiger partial charge in [-0.2, -0.15) is 0 Å². The van der Waals surface area contributed by atoms with E-state index in [-0.39, 0.29) is 11.4 Å². The average Bonchev–Trinajstić information content (AvgIpc) is 2.66. The fraction of sp³-hybridized carbons (Fsp3) is 0.526. The van der Waals surface area contributed by atoms with Gasteiger partial charge in [0.15, 0.2) is 16.4 Å². The SMILES string of the molecule is CCOCCCNC(=O)C1=C(C)c2cc(OC)c(OC)cc2N(CC)S1(=O)=O. The Morgan fingerprint density at radius 3 is 2.36 bits per heavy atom. The number of carbonyl (C=O) groups excluding carboxylic acids is 1. The Balaban J connectivity index is 2.48. The van der Waals surface area contributed by atoms with E-state index in [9.17, 15) is 13.2 Å². The van der Waals surface area contributed by atoms with E-state index in [0.717, 1.165) is 0 Å². The Morgan fingerprint density at radius 1 is 1.14 bits per heavy atom. The van der Waals surface area contributed by atoms with Gasteiger partial charge in [0, 0.05) is 37.9 Å². The molecule has 0 aromatic heterocycles. The van der Waals surface area contributed by atoms with Crippen molar-refractivity contribution in [2.45, 2.75) is 27.2 Å². The molecule has 9 heteroatoms. The summed E-state index contributed by atoms with van der Waals surface area (Å²) in [4.78, 5) is 12.5. The van der Waals surface area contributed by atoms with Crippen molar-refractivity contribution < 1.29 is 27.4 Å². The fourth-order valence-electron chi connectivity index (χ4n) is 3.16. The highest BCUT2D eigenvalue weighted by Gasteiger charge is 2.39. The lowest BCUT2D eigenvalue weighted by Crippen LogP contribution is -2.41. The summed E-state index contributed by atoms with van der Waals surface area (Å²) < 4.78 is 43.4. The molecule has 1 amide bonds. The highest BCUT2D eigenvalue weighted by atomic mass is 32.2. The van der Waals surface area contributed by atoms with Crippen LogP contribution in [0.1, 0.15) is 32.8 Å². The molecule has 0 bridgehead atoms. The molecule has 0 unspecified atom stereocenters. The van der Waals surface area contributed by atoms with Gasteiger partial charge in [0.05, 0.1) is 19.9 Å². The van der Waals surface area contributed by atoms with Gasteiger partial charge in [0.2, 0.25) is 0 Å². The van der Waals surface area contributed by atoms with Crippen molar-refractivity contribution in [1.82, 2.24) is 5.32 Å². The molecule has 1 aromatic carbocycles. The molecule has 28 heavy (non-hydrogen) atoms. The number of rotatable bonds is 9. The van der Waals surface area contributed by atoms with E-state index in [2.05, 4.69) is 5.32 Å². The van der Waals surface area contributed by atoms with Crippen molar-refractivity contribution in [3.63, 3.8) is 0 Å². The highest BCUT2D eigenvalue weighted by molar-refractivity contribution is 7.97. The lowest BCUT2D eigenvalue weighted by Gasteiger charge is -2.32. The molecule has 0 spiro atoms. The molecular formula is C19H28N2O6S. The standard InChI is InChI=1S/C19H28N2O6S/c1-6-21-15-12-17(26-5)16(25-4)11-14(15)13(3)18(28(21,23)24)19(22)20-9-8-10-27-7-2/h11-12H,6-10H2,1-5H3,(H,20,22). The molecule has 8 nitrogen and oxygen atoms in total. The van der Waals surface area contributed by atoms with Crippen LogP contribution in [0, 0.1) is 0 Å². The van der Waals surface area contributed by atoms with Crippen LogP contribution < -0.4 is 19.1 Å². The second-order valence-corrected chi connectivity index (χ2v) is 7.95. The number of fused-ring (bicyclic) bond motifs is 1. The number of anilines is 1. The van der Waals surface area contributed by atoms with E-state index >= 15 is 0 Å². The minimum Gasteiger partial charge on any atom is -0.493 e. The molecule has 156 valence electrons. The smallest absolute Gasteiger partial charge is 0.270 e. The molecule has 1 aliphatic rings. The second-order valence-electron chi connectivity index (χ2n) is 6.15. The molecule has 1 heterocycles. The zero-order valence-electron chi connectivity index (χ0n) is 17.0. The molecule has 1 N–H and O–H groups in total. The molecule has 1 aliphatic heterocycles. The van der Waals surface area contributed by atoms with Crippen molar-refractivity contribution in [1.29, 1.82) is 0 Å². The molecule has 0 radical (unpaired) electrons. The third-order valence-electron chi connectivity index (χ3n) is 4.51. The molecule has 0 saturated carbocycles. The molecule has 0 atom stereocenters. The van der Waals surface area contributed by atoms with Crippen molar-refractivity contribution in [2.75, 3.05) is 44.8 Å². The Bertz CT molecular complexity index is 863. The maximum atomic E-state index is 13.2. The number of amides is 1.